The number of para-hydroxylation sites is 1. The number of rotatable bonds is 8. The molecule has 0 spiro atoms. The molecule has 1 N–H and O–H groups in total. The van der Waals surface area contributed by atoms with Crippen LogP contribution in [0.25, 0.3) is 27.8 Å². The number of aromatic nitrogens is 3. The monoisotopic (exact) mass is 557 g/mol. The molecule has 8 heteroatoms. The van der Waals surface area contributed by atoms with Gasteiger partial charge in [0.15, 0.2) is 4.34 Å². The molecule has 0 aliphatic heterocycles. The summed E-state index contributed by atoms with van der Waals surface area (Å²) in [6.07, 6.45) is 3.62. The Bertz CT molecular complexity index is 1890. The molecule has 1 amide bonds. The molecule has 0 saturated carbocycles. The van der Waals surface area contributed by atoms with Crippen molar-refractivity contribution in [2.24, 2.45) is 0 Å². The number of carbonyl (C=O) groups is 1. The van der Waals surface area contributed by atoms with Crippen molar-refractivity contribution in [3.63, 3.8) is 0 Å². The van der Waals surface area contributed by atoms with E-state index < -0.39 is 5.91 Å². The second-order valence-electron chi connectivity index (χ2n) is 9.14. The first-order valence-corrected chi connectivity index (χ1v) is 14.5. The number of thioether (sulfide) groups is 1. The lowest BCUT2D eigenvalue weighted by Gasteiger charge is -2.05. The zero-order valence-electron chi connectivity index (χ0n) is 21.3. The van der Waals surface area contributed by atoms with Crippen LogP contribution in [0.2, 0.25) is 0 Å². The summed E-state index contributed by atoms with van der Waals surface area (Å²) in [5.41, 5.74) is 4.23. The van der Waals surface area contributed by atoms with Crippen molar-refractivity contribution >= 4 is 61.9 Å². The number of nitrogens with zero attached hydrogens (tertiary/aromatic N) is 4. The molecule has 6 aromatic rings. The highest BCUT2D eigenvalue weighted by Gasteiger charge is 2.15. The van der Waals surface area contributed by atoms with Gasteiger partial charge in [0.2, 0.25) is 5.13 Å². The minimum atomic E-state index is -0.510. The molecule has 6 nitrogen and oxygen atoms in total. The molecule has 194 valence electrons. The lowest BCUT2D eigenvalue weighted by Crippen LogP contribution is -2.13. The van der Waals surface area contributed by atoms with E-state index in [9.17, 15) is 10.1 Å². The predicted octanol–water partition coefficient (Wildman–Crippen LogP) is 7.53. The molecule has 2 heterocycles. The Balaban J connectivity index is 1.18. The number of anilines is 1. The maximum Gasteiger partial charge on any atom is 0.268 e. The van der Waals surface area contributed by atoms with E-state index in [1.165, 1.54) is 33.2 Å². The van der Waals surface area contributed by atoms with Gasteiger partial charge in [0.05, 0.1) is 0 Å². The van der Waals surface area contributed by atoms with Crippen LogP contribution < -0.4 is 5.32 Å². The Kier molecular flexibility index (Phi) is 7.40. The van der Waals surface area contributed by atoms with E-state index in [0.717, 1.165) is 26.6 Å². The standard InChI is InChI=1S/C32H23N5OS2/c33-18-25(17-26-20-37(19-22-9-2-1-3-10-22)29-16-7-6-15-28(26)29)30(38)34-31-35-36-32(40-31)39-21-24-13-8-12-23-11-4-5-14-27(23)24/h1-17,20H,19,21H2,(H,34,35,38)/b25-17+. The summed E-state index contributed by atoms with van der Waals surface area (Å²) in [5.74, 6) is 0.226. The SMILES string of the molecule is N#C/C(=C\c1cn(Cc2ccccc2)c2ccccc12)C(=O)Nc1nnc(SCc2cccc3ccccc23)s1. The van der Waals surface area contributed by atoms with Gasteiger partial charge in [0.25, 0.3) is 5.91 Å². The molecular weight excluding hydrogens is 535 g/mol. The van der Waals surface area contributed by atoms with Crippen LogP contribution in [0.15, 0.2) is 113 Å². The lowest BCUT2D eigenvalue weighted by molar-refractivity contribution is -0.112. The van der Waals surface area contributed by atoms with Crippen LogP contribution >= 0.6 is 23.1 Å². The van der Waals surface area contributed by atoms with E-state index in [0.29, 0.717) is 11.7 Å². The second kappa shape index (κ2) is 11.6. The Morgan fingerprint density at radius 1 is 0.925 bits per heavy atom. The van der Waals surface area contributed by atoms with Gasteiger partial charge in [-0.3, -0.25) is 10.1 Å². The van der Waals surface area contributed by atoms with Crippen molar-refractivity contribution in [3.05, 3.63) is 126 Å². The number of hydrogen-bond acceptors (Lipinski definition) is 6. The lowest BCUT2D eigenvalue weighted by atomic mass is 10.1. The normalized spacial score (nSPS) is 11.5. The summed E-state index contributed by atoms with van der Waals surface area (Å²) >= 11 is 2.87. The van der Waals surface area contributed by atoms with E-state index in [2.05, 4.69) is 68.6 Å². The number of nitriles is 1. The highest BCUT2D eigenvalue weighted by Crippen LogP contribution is 2.31. The van der Waals surface area contributed by atoms with Crippen molar-refractivity contribution in [1.29, 1.82) is 5.26 Å². The average Bonchev–Trinajstić information content (AvgIpc) is 3.59. The van der Waals surface area contributed by atoms with Crippen molar-refractivity contribution in [2.45, 2.75) is 16.6 Å². The number of fused-ring (bicyclic) bond motifs is 2. The maximum atomic E-state index is 13.0. The minimum Gasteiger partial charge on any atom is -0.342 e. The molecule has 4 aromatic carbocycles. The summed E-state index contributed by atoms with van der Waals surface area (Å²) in [6.45, 7) is 0.688. The first-order valence-electron chi connectivity index (χ1n) is 12.7. The molecule has 0 bridgehead atoms. The van der Waals surface area contributed by atoms with Gasteiger partial charge in [0, 0.05) is 35.0 Å². The molecule has 40 heavy (non-hydrogen) atoms. The number of benzene rings is 4. The topological polar surface area (TPSA) is 83.6 Å². The molecule has 0 aliphatic carbocycles. The van der Waals surface area contributed by atoms with Gasteiger partial charge in [-0.1, -0.05) is 114 Å². The number of carbonyl (C=O) groups excluding carboxylic acids is 1. The first kappa shape index (κ1) is 25.6. The van der Waals surface area contributed by atoms with Gasteiger partial charge >= 0.3 is 0 Å². The van der Waals surface area contributed by atoms with Gasteiger partial charge in [0.1, 0.15) is 11.6 Å². The summed E-state index contributed by atoms with van der Waals surface area (Å²) in [6, 6.07) is 34.8. The Labute approximate surface area is 239 Å². The Hall–Kier alpha value is -4.71. The largest absolute Gasteiger partial charge is 0.342 e. The van der Waals surface area contributed by atoms with Crippen LogP contribution in [0.3, 0.4) is 0 Å². The van der Waals surface area contributed by atoms with Crippen LogP contribution in [0, 0.1) is 11.3 Å². The fourth-order valence-corrected chi connectivity index (χ4v) is 6.40. The third-order valence-corrected chi connectivity index (χ3v) is 8.56. The predicted molar refractivity (Wildman–Crippen MR) is 163 cm³/mol. The molecule has 6 rings (SSSR count). The van der Waals surface area contributed by atoms with Crippen molar-refractivity contribution < 1.29 is 4.79 Å². The molecule has 0 fully saturated rings. The van der Waals surface area contributed by atoms with Gasteiger partial charge < -0.3 is 4.57 Å². The highest BCUT2D eigenvalue weighted by atomic mass is 32.2. The third-order valence-electron chi connectivity index (χ3n) is 6.54. The van der Waals surface area contributed by atoms with E-state index in [4.69, 9.17) is 0 Å². The van der Waals surface area contributed by atoms with Crippen LogP contribution in [-0.2, 0) is 17.1 Å². The second-order valence-corrected chi connectivity index (χ2v) is 11.3. The van der Waals surface area contributed by atoms with E-state index in [-0.39, 0.29) is 5.57 Å². The van der Waals surface area contributed by atoms with E-state index in [1.54, 1.807) is 17.8 Å². The summed E-state index contributed by atoms with van der Waals surface area (Å²) in [7, 11) is 0. The fraction of sp³-hybridized carbons (Fsp3) is 0.0625. The quantitative estimate of drug-likeness (QED) is 0.0905. The molecule has 0 atom stereocenters. The van der Waals surface area contributed by atoms with Gasteiger partial charge in [-0.05, 0) is 34.0 Å². The zero-order chi connectivity index (χ0) is 27.3. The highest BCUT2D eigenvalue weighted by molar-refractivity contribution is 8.00. The number of amides is 1. The van der Waals surface area contributed by atoms with Gasteiger partial charge in [-0.25, -0.2) is 0 Å². The zero-order valence-corrected chi connectivity index (χ0v) is 23.0. The van der Waals surface area contributed by atoms with E-state index in [1.807, 2.05) is 60.8 Å². The van der Waals surface area contributed by atoms with Crippen LogP contribution in [0.4, 0.5) is 5.13 Å². The Morgan fingerprint density at radius 2 is 1.68 bits per heavy atom. The van der Waals surface area contributed by atoms with Crippen molar-refractivity contribution in [2.75, 3.05) is 5.32 Å². The van der Waals surface area contributed by atoms with Crippen LogP contribution in [0.1, 0.15) is 16.7 Å². The third kappa shape index (κ3) is 5.52. The molecule has 0 radical (unpaired) electrons. The van der Waals surface area contributed by atoms with Crippen molar-refractivity contribution in [3.8, 4) is 6.07 Å². The summed E-state index contributed by atoms with van der Waals surface area (Å²) in [5, 5.41) is 24.7. The van der Waals surface area contributed by atoms with E-state index >= 15 is 0 Å². The Morgan fingerprint density at radius 3 is 2.52 bits per heavy atom. The number of nitrogens with one attached hydrogen (secondary N) is 1. The number of hydrogen-bond donors (Lipinski definition) is 1. The average molecular weight is 558 g/mol. The van der Waals surface area contributed by atoms with Gasteiger partial charge in [-0.15, -0.1) is 10.2 Å². The molecule has 0 unspecified atom stereocenters. The molecule has 0 saturated heterocycles. The van der Waals surface area contributed by atoms with Gasteiger partial charge in [-0.2, -0.15) is 5.26 Å². The summed E-state index contributed by atoms with van der Waals surface area (Å²) in [4.78, 5) is 13.0. The van der Waals surface area contributed by atoms with Crippen molar-refractivity contribution in [1.82, 2.24) is 14.8 Å². The fourth-order valence-electron chi connectivity index (χ4n) is 4.65. The minimum absolute atomic E-state index is 0.00257. The van der Waals surface area contributed by atoms with Crippen LogP contribution in [-0.4, -0.2) is 20.7 Å². The van der Waals surface area contributed by atoms with Crippen LogP contribution in [0.5, 0.6) is 0 Å². The first-order chi connectivity index (χ1) is 19.7. The smallest absolute Gasteiger partial charge is 0.268 e. The molecular formula is C32H23N5OS2. The summed E-state index contributed by atoms with van der Waals surface area (Å²) < 4.78 is 2.88. The maximum absolute atomic E-state index is 13.0. The molecule has 0 aliphatic rings. The molecule has 2 aromatic heterocycles.